The molecule has 0 saturated carbocycles. The van der Waals surface area contributed by atoms with Gasteiger partial charge >= 0.3 is 0 Å². The molecule has 4 N–H and O–H groups in total. The summed E-state index contributed by atoms with van der Waals surface area (Å²) in [5.41, 5.74) is 9.31. The number of hydrogen-bond donors (Lipinski definition) is 2. The van der Waals surface area contributed by atoms with Gasteiger partial charge in [-0.1, -0.05) is 6.07 Å². The maximum absolute atomic E-state index is 11.4. The lowest BCUT2D eigenvalue weighted by Crippen LogP contribution is -2.12. The molecule has 0 aliphatic rings. The third-order valence-corrected chi connectivity index (χ3v) is 4.21. The highest BCUT2D eigenvalue weighted by atomic mass is 32.2. The number of rotatable bonds is 3. The highest BCUT2D eigenvalue weighted by molar-refractivity contribution is 7.89. The zero-order valence-electron chi connectivity index (χ0n) is 12.2. The van der Waals surface area contributed by atoms with Gasteiger partial charge in [-0.2, -0.15) is 0 Å². The topological polar surface area (TPSA) is 95.4 Å². The van der Waals surface area contributed by atoms with E-state index in [-0.39, 0.29) is 10.6 Å². The van der Waals surface area contributed by atoms with Gasteiger partial charge in [0.25, 0.3) is 0 Å². The zero-order valence-corrected chi connectivity index (χ0v) is 13.0. The minimum Gasteiger partial charge on any atom is -0.455 e. The number of primary sulfonamides is 1. The highest BCUT2D eigenvalue weighted by Gasteiger charge is 2.13. The molecule has 0 atom stereocenters. The van der Waals surface area contributed by atoms with E-state index in [0.717, 1.165) is 16.7 Å². The number of nitrogens with two attached hydrogens (primary N) is 2. The van der Waals surface area contributed by atoms with Gasteiger partial charge < -0.3 is 10.5 Å². The second-order valence-corrected chi connectivity index (χ2v) is 6.61. The second kappa shape index (κ2) is 5.38. The van der Waals surface area contributed by atoms with E-state index in [1.54, 1.807) is 0 Å². The molecule has 0 bridgehead atoms. The summed E-state index contributed by atoms with van der Waals surface area (Å²) in [5, 5.41) is 5.12. The summed E-state index contributed by atoms with van der Waals surface area (Å²) in [7, 11) is -3.80. The average Bonchev–Trinajstić information content (AvgIpc) is 2.36. The second-order valence-electron chi connectivity index (χ2n) is 5.05. The Hall–Kier alpha value is -2.05. The summed E-state index contributed by atoms with van der Waals surface area (Å²) >= 11 is 0. The summed E-state index contributed by atoms with van der Waals surface area (Å²) in [6.45, 7) is 5.88. The van der Waals surface area contributed by atoms with Crippen LogP contribution >= 0.6 is 0 Å². The first-order valence-electron chi connectivity index (χ1n) is 6.36. The smallest absolute Gasteiger partial charge is 0.238 e. The van der Waals surface area contributed by atoms with E-state index < -0.39 is 10.0 Å². The molecule has 0 aromatic heterocycles. The monoisotopic (exact) mass is 306 g/mol. The van der Waals surface area contributed by atoms with Crippen molar-refractivity contribution in [3.05, 3.63) is 47.0 Å². The summed E-state index contributed by atoms with van der Waals surface area (Å²) in [4.78, 5) is -0.0336. The molecular weight excluding hydrogens is 288 g/mol. The molecule has 0 aliphatic carbocycles. The number of ether oxygens (including phenoxy) is 1. The molecule has 0 saturated heterocycles. The third kappa shape index (κ3) is 3.34. The molecule has 2 aromatic rings. The molecule has 0 spiro atoms. The predicted molar refractivity (Wildman–Crippen MR) is 83.0 cm³/mol. The van der Waals surface area contributed by atoms with Gasteiger partial charge in [0.2, 0.25) is 10.0 Å². The normalized spacial score (nSPS) is 11.4. The fourth-order valence-corrected chi connectivity index (χ4v) is 2.53. The van der Waals surface area contributed by atoms with Gasteiger partial charge in [-0.15, -0.1) is 0 Å². The molecule has 6 heteroatoms. The van der Waals surface area contributed by atoms with Crippen molar-refractivity contribution in [1.82, 2.24) is 0 Å². The van der Waals surface area contributed by atoms with Gasteiger partial charge in [0, 0.05) is 6.07 Å². The van der Waals surface area contributed by atoms with Crippen molar-refractivity contribution in [3.63, 3.8) is 0 Å². The van der Waals surface area contributed by atoms with Gasteiger partial charge in [0.05, 0.1) is 10.6 Å². The Morgan fingerprint density at radius 1 is 1.00 bits per heavy atom. The van der Waals surface area contributed by atoms with E-state index in [1.807, 2.05) is 32.9 Å². The number of anilines is 1. The number of hydrogen-bond acceptors (Lipinski definition) is 4. The minimum absolute atomic E-state index is 0.0336. The fraction of sp³-hybridized carbons (Fsp3) is 0.200. The number of nitrogen functional groups attached to an aromatic ring is 1. The molecule has 0 radical (unpaired) electrons. The van der Waals surface area contributed by atoms with Crippen molar-refractivity contribution >= 4 is 15.7 Å². The van der Waals surface area contributed by atoms with Crippen molar-refractivity contribution in [2.24, 2.45) is 5.14 Å². The van der Waals surface area contributed by atoms with Gasteiger partial charge in [-0.05, 0) is 55.7 Å². The van der Waals surface area contributed by atoms with E-state index in [4.69, 9.17) is 15.6 Å². The van der Waals surface area contributed by atoms with Crippen molar-refractivity contribution in [2.75, 3.05) is 5.73 Å². The molecule has 21 heavy (non-hydrogen) atoms. The molecule has 2 aromatic carbocycles. The summed E-state index contributed by atoms with van der Waals surface area (Å²) < 4.78 is 28.6. The molecule has 5 nitrogen and oxygen atoms in total. The van der Waals surface area contributed by atoms with Crippen LogP contribution in [-0.2, 0) is 10.0 Å². The summed E-state index contributed by atoms with van der Waals surface area (Å²) in [6, 6.07) is 8.08. The van der Waals surface area contributed by atoms with Crippen LogP contribution in [0.15, 0.2) is 35.2 Å². The molecule has 112 valence electrons. The molecule has 2 rings (SSSR count). The lowest BCUT2D eigenvalue weighted by atomic mass is 10.1. The molecular formula is C15H18N2O3S. The number of benzene rings is 2. The van der Waals surface area contributed by atoms with Crippen LogP contribution in [0, 0.1) is 20.8 Å². The van der Waals surface area contributed by atoms with Gasteiger partial charge in [-0.3, -0.25) is 0 Å². The van der Waals surface area contributed by atoms with Crippen LogP contribution in [0.3, 0.4) is 0 Å². The fourth-order valence-electron chi connectivity index (χ4n) is 2.01. The van der Waals surface area contributed by atoms with Crippen molar-refractivity contribution < 1.29 is 13.2 Å². The van der Waals surface area contributed by atoms with E-state index in [1.165, 1.54) is 18.2 Å². The lowest BCUT2D eigenvalue weighted by molar-refractivity contribution is 0.478. The standard InChI is InChI=1S/C15H18N2O3S/c1-9-6-10(2)11(3)14(7-9)20-15-8-12(21(17,18)19)4-5-13(15)16/h4-8H,16H2,1-3H3,(H2,17,18,19). The third-order valence-electron chi connectivity index (χ3n) is 3.30. The van der Waals surface area contributed by atoms with E-state index in [0.29, 0.717) is 11.4 Å². The Morgan fingerprint density at radius 3 is 2.29 bits per heavy atom. The quantitative estimate of drug-likeness (QED) is 0.852. The largest absolute Gasteiger partial charge is 0.455 e. The maximum atomic E-state index is 11.4. The van der Waals surface area contributed by atoms with Crippen LogP contribution in [0.5, 0.6) is 11.5 Å². The van der Waals surface area contributed by atoms with Gasteiger partial charge in [0.15, 0.2) is 5.75 Å². The predicted octanol–water partition coefficient (Wildman–Crippen LogP) is 2.63. The van der Waals surface area contributed by atoms with Crippen molar-refractivity contribution in [2.45, 2.75) is 25.7 Å². The Balaban J connectivity index is 2.49. The first kappa shape index (κ1) is 15.3. The highest BCUT2D eigenvalue weighted by Crippen LogP contribution is 2.33. The van der Waals surface area contributed by atoms with Crippen LogP contribution in [0.1, 0.15) is 16.7 Å². The molecule has 0 unspecified atom stereocenters. The first-order chi connectivity index (χ1) is 9.68. The maximum Gasteiger partial charge on any atom is 0.238 e. The van der Waals surface area contributed by atoms with Crippen LogP contribution in [0.2, 0.25) is 0 Å². The average molecular weight is 306 g/mol. The summed E-state index contributed by atoms with van der Waals surface area (Å²) in [6.07, 6.45) is 0. The molecule has 0 aliphatic heterocycles. The number of aryl methyl sites for hydroxylation is 2. The van der Waals surface area contributed by atoms with E-state index in [9.17, 15) is 8.42 Å². The van der Waals surface area contributed by atoms with Gasteiger partial charge in [0.1, 0.15) is 5.75 Å². The number of sulfonamides is 1. The Labute approximate surface area is 124 Å². The lowest BCUT2D eigenvalue weighted by Gasteiger charge is -2.14. The SMILES string of the molecule is Cc1cc(C)c(C)c(Oc2cc(S(N)(=O)=O)ccc2N)c1. The van der Waals surface area contributed by atoms with Gasteiger partial charge in [-0.25, -0.2) is 13.6 Å². The summed E-state index contributed by atoms with van der Waals surface area (Å²) in [5.74, 6) is 0.917. The zero-order chi connectivity index (χ0) is 15.8. The van der Waals surface area contributed by atoms with Crippen LogP contribution in [0.4, 0.5) is 5.69 Å². The van der Waals surface area contributed by atoms with Crippen LogP contribution < -0.4 is 15.6 Å². The first-order valence-corrected chi connectivity index (χ1v) is 7.91. The molecule has 0 amide bonds. The van der Waals surface area contributed by atoms with E-state index >= 15 is 0 Å². The van der Waals surface area contributed by atoms with Crippen LogP contribution in [-0.4, -0.2) is 8.42 Å². The minimum atomic E-state index is -3.80. The molecule has 0 fully saturated rings. The Morgan fingerprint density at radius 2 is 1.67 bits per heavy atom. The van der Waals surface area contributed by atoms with E-state index in [2.05, 4.69) is 0 Å². The van der Waals surface area contributed by atoms with Crippen molar-refractivity contribution in [3.8, 4) is 11.5 Å². The Kier molecular flexibility index (Phi) is 3.93. The van der Waals surface area contributed by atoms with Crippen molar-refractivity contribution in [1.29, 1.82) is 0 Å². The van der Waals surface area contributed by atoms with Crippen LogP contribution in [0.25, 0.3) is 0 Å². The Bertz CT molecular complexity index is 799. The molecule has 0 heterocycles.